The zero-order chi connectivity index (χ0) is 21.8. The van der Waals surface area contributed by atoms with Crippen LogP contribution in [0.3, 0.4) is 0 Å². The summed E-state index contributed by atoms with van der Waals surface area (Å²) in [5.74, 6) is 0.847. The number of benzene rings is 1. The lowest BCUT2D eigenvalue weighted by molar-refractivity contribution is -0.124. The highest BCUT2D eigenvalue weighted by atomic mass is 16.7. The molecule has 4 rings (SSSR count). The molecule has 2 aromatic heterocycles. The first-order valence-corrected chi connectivity index (χ1v) is 9.81. The molecule has 0 unspecified atom stereocenters. The third-order valence-electron chi connectivity index (χ3n) is 4.53. The number of esters is 1. The number of pyridine rings is 1. The van der Waals surface area contributed by atoms with E-state index in [0.717, 1.165) is 5.39 Å². The number of hydrogen-bond acceptors (Lipinski definition) is 8. The maximum Gasteiger partial charge on any atom is 0.340 e. The van der Waals surface area contributed by atoms with E-state index in [1.54, 1.807) is 35.1 Å². The van der Waals surface area contributed by atoms with Crippen LogP contribution < -0.4 is 19.5 Å². The minimum atomic E-state index is -0.626. The molecule has 0 fully saturated rings. The molecular formula is C21H22N4O6. The Hall–Kier alpha value is -3.82. The minimum Gasteiger partial charge on any atom is -0.492 e. The average Bonchev–Trinajstić information content (AvgIpc) is 3.40. The van der Waals surface area contributed by atoms with Crippen LogP contribution in [0, 0.1) is 0 Å². The normalized spacial score (nSPS) is 12.2. The van der Waals surface area contributed by atoms with Crippen molar-refractivity contribution in [2.75, 3.05) is 26.6 Å². The Bertz CT molecular complexity index is 1110. The Morgan fingerprint density at radius 2 is 2.03 bits per heavy atom. The van der Waals surface area contributed by atoms with Gasteiger partial charge >= 0.3 is 5.97 Å². The third-order valence-corrected chi connectivity index (χ3v) is 4.53. The van der Waals surface area contributed by atoms with Crippen molar-refractivity contribution in [3.8, 4) is 17.2 Å². The molecule has 10 heteroatoms. The van der Waals surface area contributed by atoms with Crippen LogP contribution in [0.25, 0.3) is 11.0 Å². The fourth-order valence-corrected chi connectivity index (χ4v) is 3.02. The largest absolute Gasteiger partial charge is 0.492 e. The van der Waals surface area contributed by atoms with Crippen molar-refractivity contribution in [2.45, 2.75) is 19.9 Å². The SMILES string of the molecule is CC(C)n1ncc2cc(C(=O)OCC(=O)NCCOc3ccc4c(c3)OCO4)cnc21. The summed E-state index contributed by atoms with van der Waals surface area (Å²) in [4.78, 5) is 28.4. The van der Waals surface area contributed by atoms with Crippen LogP contribution in [0.2, 0.25) is 0 Å². The fourth-order valence-electron chi connectivity index (χ4n) is 3.02. The second kappa shape index (κ2) is 8.90. The molecule has 0 radical (unpaired) electrons. The van der Waals surface area contributed by atoms with Crippen molar-refractivity contribution in [1.29, 1.82) is 0 Å². The number of fused-ring (bicyclic) bond motifs is 2. The predicted molar refractivity (Wildman–Crippen MR) is 109 cm³/mol. The summed E-state index contributed by atoms with van der Waals surface area (Å²) in [6.45, 7) is 4.29. The van der Waals surface area contributed by atoms with Gasteiger partial charge in [0, 0.05) is 23.7 Å². The highest BCUT2D eigenvalue weighted by molar-refractivity contribution is 5.94. The molecule has 0 atom stereocenters. The summed E-state index contributed by atoms with van der Waals surface area (Å²) in [5, 5.41) is 7.62. The van der Waals surface area contributed by atoms with Crippen LogP contribution in [-0.2, 0) is 9.53 Å². The topological polar surface area (TPSA) is 114 Å². The molecular weight excluding hydrogens is 404 g/mol. The summed E-state index contributed by atoms with van der Waals surface area (Å²) >= 11 is 0. The van der Waals surface area contributed by atoms with Gasteiger partial charge in [-0.1, -0.05) is 0 Å². The highest BCUT2D eigenvalue weighted by Crippen LogP contribution is 2.34. The third kappa shape index (κ3) is 4.68. The van der Waals surface area contributed by atoms with Crippen molar-refractivity contribution >= 4 is 22.9 Å². The van der Waals surface area contributed by atoms with E-state index in [0.29, 0.717) is 22.9 Å². The van der Waals surface area contributed by atoms with Gasteiger partial charge in [0.2, 0.25) is 6.79 Å². The summed E-state index contributed by atoms with van der Waals surface area (Å²) in [7, 11) is 0. The molecule has 0 saturated carbocycles. The smallest absolute Gasteiger partial charge is 0.340 e. The number of ether oxygens (including phenoxy) is 4. The first kappa shape index (κ1) is 20.5. The minimum absolute atomic E-state index is 0.153. The molecule has 31 heavy (non-hydrogen) atoms. The number of amides is 1. The number of nitrogens with one attached hydrogen (secondary N) is 1. The monoisotopic (exact) mass is 426 g/mol. The lowest BCUT2D eigenvalue weighted by Gasteiger charge is -2.09. The molecule has 1 aliphatic heterocycles. The molecule has 1 aliphatic rings. The van der Waals surface area contributed by atoms with Gasteiger partial charge in [0.15, 0.2) is 23.8 Å². The summed E-state index contributed by atoms with van der Waals surface area (Å²) in [6, 6.07) is 7.04. The van der Waals surface area contributed by atoms with Crippen molar-refractivity contribution in [3.63, 3.8) is 0 Å². The molecule has 10 nitrogen and oxygen atoms in total. The lowest BCUT2D eigenvalue weighted by atomic mass is 10.2. The summed E-state index contributed by atoms with van der Waals surface area (Å²) < 4.78 is 22.9. The maximum atomic E-state index is 12.2. The van der Waals surface area contributed by atoms with E-state index in [2.05, 4.69) is 15.4 Å². The molecule has 0 bridgehead atoms. The van der Waals surface area contributed by atoms with E-state index < -0.39 is 18.5 Å². The van der Waals surface area contributed by atoms with Crippen LogP contribution in [-0.4, -0.2) is 53.2 Å². The molecule has 0 saturated heterocycles. The van der Waals surface area contributed by atoms with E-state index in [-0.39, 0.29) is 31.5 Å². The van der Waals surface area contributed by atoms with Crippen LogP contribution in [0.5, 0.6) is 17.2 Å². The Kier molecular flexibility index (Phi) is 5.87. The van der Waals surface area contributed by atoms with Crippen molar-refractivity contribution in [2.24, 2.45) is 0 Å². The fraction of sp³-hybridized carbons (Fsp3) is 0.333. The molecule has 1 aromatic carbocycles. The van der Waals surface area contributed by atoms with Gasteiger partial charge in [-0.3, -0.25) is 4.79 Å². The number of nitrogens with zero attached hydrogens (tertiary/aromatic N) is 3. The van der Waals surface area contributed by atoms with E-state index in [1.165, 1.54) is 6.20 Å². The average molecular weight is 426 g/mol. The van der Waals surface area contributed by atoms with E-state index in [4.69, 9.17) is 18.9 Å². The molecule has 0 spiro atoms. The van der Waals surface area contributed by atoms with E-state index in [1.807, 2.05) is 13.8 Å². The number of aromatic nitrogens is 3. The van der Waals surface area contributed by atoms with E-state index >= 15 is 0 Å². The predicted octanol–water partition coefficient (Wildman–Crippen LogP) is 2.09. The Balaban J connectivity index is 1.20. The molecule has 3 aromatic rings. The van der Waals surface area contributed by atoms with Gasteiger partial charge in [-0.15, -0.1) is 0 Å². The number of hydrogen-bond donors (Lipinski definition) is 1. The van der Waals surface area contributed by atoms with Gasteiger partial charge in [-0.05, 0) is 32.0 Å². The van der Waals surface area contributed by atoms with Crippen molar-refractivity contribution in [1.82, 2.24) is 20.1 Å². The Labute approximate surface area is 178 Å². The summed E-state index contributed by atoms with van der Waals surface area (Å²) in [5.41, 5.74) is 0.946. The number of rotatable bonds is 8. The van der Waals surface area contributed by atoms with Gasteiger partial charge < -0.3 is 24.3 Å². The standard InChI is InChI=1S/C21H22N4O6/c1-13(2)25-20-14(10-24-25)7-15(9-23-20)21(27)29-11-19(26)22-5-6-28-16-3-4-17-18(8-16)31-12-30-17/h3-4,7-10,13H,5-6,11-12H2,1-2H3,(H,22,26). The number of carbonyl (C=O) groups excluding carboxylic acids is 2. The van der Waals surface area contributed by atoms with E-state index in [9.17, 15) is 9.59 Å². The molecule has 162 valence electrons. The van der Waals surface area contributed by atoms with Crippen LogP contribution in [0.1, 0.15) is 30.2 Å². The zero-order valence-corrected chi connectivity index (χ0v) is 17.2. The van der Waals surface area contributed by atoms with Gasteiger partial charge in [0.25, 0.3) is 5.91 Å². The van der Waals surface area contributed by atoms with Crippen molar-refractivity contribution < 1.29 is 28.5 Å². The Morgan fingerprint density at radius 3 is 2.87 bits per heavy atom. The van der Waals surface area contributed by atoms with Gasteiger partial charge in [-0.2, -0.15) is 5.10 Å². The number of carbonyl (C=O) groups is 2. The molecule has 1 N–H and O–H groups in total. The molecule has 3 heterocycles. The second-order valence-electron chi connectivity index (χ2n) is 7.11. The molecule has 1 amide bonds. The van der Waals surface area contributed by atoms with Gasteiger partial charge in [-0.25, -0.2) is 14.5 Å². The van der Waals surface area contributed by atoms with Gasteiger partial charge in [0.05, 0.1) is 18.3 Å². The first-order valence-electron chi connectivity index (χ1n) is 9.81. The Morgan fingerprint density at radius 1 is 1.19 bits per heavy atom. The first-order chi connectivity index (χ1) is 15.0. The van der Waals surface area contributed by atoms with Crippen molar-refractivity contribution in [3.05, 3.63) is 42.2 Å². The second-order valence-corrected chi connectivity index (χ2v) is 7.11. The van der Waals surface area contributed by atoms with Gasteiger partial charge in [0.1, 0.15) is 12.4 Å². The lowest BCUT2D eigenvalue weighted by Crippen LogP contribution is -2.32. The van der Waals surface area contributed by atoms with Crippen LogP contribution >= 0.6 is 0 Å². The van der Waals surface area contributed by atoms with Crippen LogP contribution in [0.15, 0.2) is 36.7 Å². The highest BCUT2D eigenvalue weighted by Gasteiger charge is 2.15. The zero-order valence-electron chi connectivity index (χ0n) is 17.2. The van der Waals surface area contributed by atoms with Crippen LogP contribution in [0.4, 0.5) is 0 Å². The summed E-state index contributed by atoms with van der Waals surface area (Å²) in [6.07, 6.45) is 3.06. The quantitative estimate of drug-likeness (QED) is 0.430. The maximum absolute atomic E-state index is 12.2. The molecule has 0 aliphatic carbocycles.